The van der Waals surface area contributed by atoms with Crippen molar-refractivity contribution < 1.29 is 22.7 Å². The summed E-state index contributed by atoms with van der Waals surface area (Å²) in [5.74, 6) is -0.348. The molecule has 0 aliphatic carbocycles. The first-order valence-electron chi connectivity index (χ1n) is 9.31. The Balaban J connectivity index is 1.78. The second kappa shape index (κ2) is 8.67. The molecular weight excluding hydrogens is 412 g/mol. The van der Waals surface area contributed by atoms with Gasteiger partial charge in [0.25, 0.3) is 11.5 Å². The van der Waals surface area contributed by atoms with Crippen LogP contribution in [0.2, 0.25) is 0 Å². The molecule has 0 bridgehead atoms. The summed E-state index contributed by atoms with van der Waals surface area (Å²) in [7, 11) is -3.76. The number of rotatable bonds is 7. The lowest BCUT2D eigenvalue weighted by Crippen LogP contribution is -2.33. The molecule has 0 spiro atoms. The van der Waals surface area contributed by atoms with Crippen LogP contribution in [0.5, 0.6) is 5.75 Å². The van der Waals surface area contributed by atoms with Gasteiger partial charge in [-0.2, -0.15) is 4.31 Å². The van der Waals surface area contributed by atoms with Crippen LogP contribution in [0, 0.1) is 0 Å². The van der Waals surface area contributed by atoms with Crippen molar-refractivity contribution >= 4 is 33.2 Å². The van der Waals surface area contributed by atoms with Gasteiger partial charge in [-0.15, -0.1) is 0 Å². The van der Waals surface area contributed by atoms with Crippen LogP contribution in [-0.4, -0.2) is 48.8 Å². The first kappa shape index (κ1) is 21.5. The van der Waals surface area contributed by atoms with Gasteiger partial charge in [0.1, 0.15) is 12.3 Å². The number of anilines is 2. The molecule has 0 saturated heterocycles. The molecule has 1 aromatic heterocycles. The monoisotopic (exact) mass is 434 g/mol. The van der Waals surface area contributed by atoms with E-state index < -0.39 is 21.5 Å². The summed E-state index contributed by atoms with van der Waals surface area (Å²) in [4.78, 5) is 35.9. The topological polar surface area (TPSA) is 127 Å². The zero-order valence-corrected chi connectivity index (χ0v) is 17.4. The van der Waals surface area contributed by atoms with Crippen LogP contribution in [0.15, 0.2) is 46.2 Å². The lowest BCUT2D eigenvalue weighted by atomic mass is 10.2. The van der Waals surface area contributed by atoms with E-state index in [2.05, 4.69) is 10.6 Å². The highest BCUT2D eigenvalue weighted by molar-refractivity contribution is 7.89. The fourth-order valence-electron chi connectivity index (χ4n) is 3.01. The van der Waals surface area contributed by atoms with E-state index >= 15 is 0 Å². The summed E-state index contributed by atoms with van der Waals surface area (Å²) >= 11 is 0. The zero-order valence-electron chi connectivity index (χ0n) is 16.5. The van der Waals surface area contributed by atoms with Crippen LogP contribution in [0.4, 0.5) is 11.4 Å². The average Bonchev–Trinajstić information content (AvgIpc) is 2.70. The van der Waals surface area contributed by atoms with E-state index in [0.717, 1.165) is 16.8 Å². The largest absolute Gasteiger partial charge is 0.482 e. The SMILES string of the molecule is CCN(CC)S(=O)(=O)c1ccc(=O)n(CC(=O)Nc2ccc3c(c2)NC(=O)CO3)c1. The van der Waals surface area contributed by atoms with Gasteiger partial charge in [0.05, 0.1) is 10.6 Å². The Labute approximate surface area is 173 Å². The van der Waals surface area contributed by atoms with Crippen molar-refractivity contribution in [2.45, 2.75) is 25.3 Å². The second-order valence-corrected chi connectivity index (χ2v) is 8.45. The van der Waals surface area contributed by atoms with Gasteiger partial charge in [-0.05, 0) is 24.3 Å². The number of carbonyl (C=O) groups excluding carboxylic acids is 2. The maximum atomic E-state index is 12.7. The molecule has 2 aromatic rings. The highest BCUT2D eigenvalue weighted by Crippen LogP contribution is 2.30. The number of amides is 2. The van der Waals surface area contributed by atoms with Crippen molar-refractivity contribution in [3.8, 4) is 5.75 Å². The third kappa shape index (κ3) is 4.52. The molecule has 11 heteroatoms. The summed E-state index contributed by atoms with van der Waals surface area (Å²) in [6.45, 7) is 3.57. The summed E-state index contributed by atoms with van der Waals surface area (Å²) < 4.78 is 32.9. The Bertz CT molecular complexity index is 1140. The molecule has 1 aliphatic rings. The van der Waals surface area contributed by atoms with Crippen LogP contribution < -0.4 is 20.9 Å². The van der Waals surface area contributed by atoms with E-state index in [1.54, 1.807) is 26.0 Å². The van der Waals surface area contributed by atoms with Crippen LogP contribution in [-0.2, 0) is 26.2 Å². The van der Waals surface area contributed by atoms with Gasteiger partial charge in [0.2, 0.25) is 15.9 Å². The number of ether oxygens (including phenoxy) is 1. The summed E-state index contributed by atoms with van der Waals surface area (Å²) in [6.07, 6.45) is 1.16. The molecule has 0 unspecified atom stereocenters. The van der Waals surface area contributed by atoms with Crippen molar-refractivity contribution in [3.63, 3.8) is 0 Å². The average molecular weight is 434 g/mol. The van der Waals surface area contributed by atoms with Crippen LogP contribution in [0.25, 0.3) is 0 Å². The summed E-state index contributed by atoms with van der Waals surface area (Å²) in [5, 5.41) is 5.26. The lowest BCUT2D eigenvalue weighted by Gasteiger charge is -2.19. The third-order valence-corrected chi connectivity index (χ3v) is 6.54. The number of hydrogen-bond donors (Lipinski definition) is 2. The van der Waals surface area contributed by atoms with E-state index in [-0.39, 0.29) is 37.0 Å². The molecule has 10 nitrogen and oxygen atoms in total. The zero-order chi connectivity index (χ0) is 21.9. The number of hydrogen-bond acceptors (Lipinski definition) is 6. The molecular formula is C19H22N4O6S. The standard InChI is InChI=1S/C19H22N4O6S/c1-3-23(4-2)30(27,28)14-6-8-19(26)22(10-14)11-17(24)20-13-5-7-16-15(9-13)21-18(25)12-29-16/h5-10H,3-4,11-12H2,1-2H3,(H,20,24)(H,21,25). The fourth-order valence-corrected chi connectivity index (χ4v) is 4.49. The lowest BCUT2D eigenvalue weighted by molar-refractivity contribution is -0.118. The van der Waals surface area contributed by atoms with Gasteiger partial charge in [-0.1, -0.05) is 13.8 Å². The number of sulfonamides is 1. The highest BCUT2D eigenvalue weighted by atomic mass is 32.2. The van der Waals surface area contributed by atoms with Crippen LogP contribution >= 0.6 is 0 Å². The summed E-state index contributed by atoms with van der Waals surface area (Å²) in [5.41, 5.74) is 0.313. The van der Waals surface area contributed by atoms with Gasteiger partial charge < -0.3 is 19.9 Å². The first-order chi connectivity index (χ1) is 14.2. The molecule has 0 saturated carbocycles. The minimum absolute atomic E-state index is 0.0627. The molecule has 30 heavy (non-hydrogen) atoms. The highest BCUT2D eigenvalue weighted by Gasteiger charge is 2.23. The Morgan fingerprint density at radius 2 is 1.93 bits per heavy atom. The first-order valence-corrected chi connectivity index (χ1v) is 10.8. The number of aromatic nitrogens is 1. The number of fused-ring (bicyclic) bond motifs is 1. The molecule has 1 aromatic carbocycles. The van der Waals surface area contributed by atoms with Crippen molar-refractivity contribution in [1.29, 1.82) is 0 Å². The van der Waals surface area contributed by atoms with Crippen molar-refractivity contribution in [2.24, 2.45) is 0 Å². The smallest absolute Gasteiger partial charge is 0.262 e. The summed E-state index contributed by atoms with van der Waals surface area (Å²) in [6, 6.07) is 7.09. The van der Waals surface area contributed by atoms with Gasteiger partial charge in [-0.25, -0.2) is 8.42 Å². The maximum Gasteiger partial charge on any atom is 0.262 e. The fraction of sp³-hybridized carbons (Fsp3) is 0.316. The van der Waals surface area contributed by atoms with Gasteiger partial charge in [0.15, 0.2) is 6.61 Å². The number of pyridine rings is 1. The van der Waals surface area contributed by atoms with E-state index in [1.807, 2.05) is 0 Å². The van der Waals surface area contributed by atoms with Crippen molar-refractivity contribution in [3.05, 3.63) is 46.9 Å². The molecule has 160 valence electrons. The van der Waals surface area contributed by atoms with Crippen LogP contribution in [0.1, 0.15) is 13.8 Å². The van der Waals surface area contributed by atoms with Gasteiger partial charge >= 0.3 is 0 Å². The van der Waals surface area contributed by atoms with E-state index in [9.17, 15) is 22.8 Å². The normalized spacial score (nSPS) is 13.4. The Hall–Kier alpha value is -3.18. The molecule has 0 fully saturated rings. The molecule has 2 heterocycles. The molecule has 2 N–H and O–H groups in total. The van der Waals surface area contributed by atoms with Gasteiger partial charge in [-0.3, -0.25) is 14.4 Å². The second-order valence-electron chi connectivity index (χ2n) is 6.52. The number of carbonyl (C=O) groups is 2. The van der Waals surface area contributed by atoms with Crippen LogP contribution in [0.3, 0.4) is 0 Å². The van der Waals surface area contributed by atoms with Crippen molar-refractivity contribution in [1.82, 2.24) is 8.87 Å². The predicted octanol–water partition coefficient (Wildman–Crippen LogP) is 0.848. The maximum absolute atomic E-state index is 12.7. The van der Waals surface area contributed by atoms with E-state index in [4.69, 9.17) is 4.74 Å². The predicted molar refractivity (Wildman–Crippen MR) is 110 cm³/mol. The number of nitrogens with zero attached hydrogens (tertiary/aromatic N) is 2. The third-order valence-electron chi connectivity index (χ3n) is 4.51. The molecule has 0 atom stereocenters. The molecule has 2 amide bonds. The number of nitrogens with one attached hydrogen (secondary N) is 2. The van der Waals surface area contributed by atoms with E-state index in [1.165, 1.54) is 16.4 Å². The number of benzene rings is 1. The van der Waals surface area contributed by atoms with Gasteiger partial charge in [0, 0.05) is 31.0 Å². The minimum atomic E-state index is -3.76. The Kier molecular flexibility index (Phi) is 6.22. The van der Waals surface area contributed by atoms with E-state index in [0.29, 0.717) is 17.1 Å². The quantitative estimate of drug-likeness (QED) is 0.665. The molecule has 1 aliphatic heterocycles. The minimum Gasteiger partial charge on any atom is -0.482 e. The Morgan fingerprint density at radius 3 is 2.63 bits per heavy atom. The molecule has 3 rings (SSSR count). The molecule has 0 radical (unpaired) electrons. The Morgan fingerprint density at radius 1 is 1.20 bits per heavy atom. The van der Waals surface area contributed by atoms with Crippen molar-refractivity contribution in [2.75, 3.05) is 30.3 Å².